The van der Waals surface area contributed by atoms with Crippen LogP contribution in [0, 0.1) is 46.8 Å². The molecule has 0 N–H and O–H groups in total. The van der Waals surface area contributed by atoms with Gasteiger partial charge in [-0.15, -0.1) is 11.3 Å². The van der Waals surface area contributed by atoms with Crippen LogP contribution in [0.3, 0.4) is 0 Å². The van der Waals surface area contributed by atoms with Gasteiger partial charge in [0.05, 0.1) is 11.6 Å². The number of hydrogen-bond donors (Lipinski definition) is 0. The zero-order valence-electron chi connectivity index (χ0n) is 33.5. The summed E-state index contributed by atoms with van der Waals surface area (Å²) in [5, 5.41) is 11.9. The second-order valence-corrected chi connectivity index (χ2v) is 20.2. The molecule has 4 saturated carbocycles. The lowest BCUT2D eigenvalue weighted by atomic mass is 9.52. The van der Waals surface area contributed by atoms with Gasteiger partial charge in [-0.05, 0) is 152 Å². The molecule has 4 bridgehead atoms. The molecule has 4 aliphatic rings. The first-order valence-electron chi connectivity index (χ1n) is 21.5. The minimum Gasteiger partial charge on any atom is -0.208 e. The quantitative estimate of drug-likeness (QED) is 0.170. The van der Waals surface area contributed by atoms with Gasteiger partial charge in [0.25, 0.3) is 0 Å². The molecular weight excluding hydrogens is 701 g/mol. The summed E-state index contributed by atoms with van der Waals surface area (Å²) in [7, 11) is 0. The Labute approximate surface area is 336 Å². The molecule has 4 fully saturated rings. The van der Waals surface area contributed by atoms with Crippen LogP contribution in [-0.4, -0.2) is 15.0 Å². The Balaban J connectivity index is 1.17. The van der Waals surface area contributed by atoms with Crippen LogP contribution in [0.25, 0.3) is 54.3 Å². The maximum atomic E-state index is 9.56. The molecule has 0 amide bonds. The Morgan fingerprint density at radius 2 is 1.14 bits per heavy atom. The van der Waals surface area contributed by atoms with Gasteiger partial charge in [0.15, 0.2) is 17.5 Å². The van der Waals surface area contributed by atoms with Crippen molar-refractivity contribution in [3.63, 3.8) is 0 Å². The summed E-state index contributed by atoms with van der Waals surface area (Å²) in [5.41, 5.74) is 7.38. The molecule has 4 aliphatic carbocycles. The molecule has 0 aliphatic heterocycles. The van der Waals surface area contributed by atoms with Crippen LogP contribution in [0.4, 0.5) is 0 Å². The fourth-order valence-electron chi connectivity index (χ4n) is 12.9. The number of benzene rings is 4. The van der Waals surface area contributed by atoms with E-state index in [2.05, 4.69) is 107 Å². The van der Waals surface area contributed by atoms with Crippen LogP contribution in [0.2, 0.25) is 0 Å². The molecule has 284 valence electrons. The maximum absolute atomic E-state index is 9.56. The van der Waals surface area contributed by atoms with Crippen molar-refractivity contribution in [1.29, 1.82) is 5.26 Å². The monoisotopic (exact) mass is 754 g/mol. The lowest BCUT2D eigenvalue weighted by Crippen LogP contribution is -2.44. The van der Waals surface area contributed by atoms with E-state index >= 15 is 0 Å². The molecule has 2 aromatic heterocycles. The second kappa shape index (κ2) is 13.9. The lowest BCUT2D eigenvalue weighted by Gasteiger charge is -2.53. The van der Waals surface area contributed by atoms with Crippen molar-refractivity contribution in [2.75, 3.05) is 0 Å². The number of fused-ring (bicyclic) bond motifs is 7. The van der Waals surface area contributed by atoms with Gasteiger partial charge < -0.3 is 0 Å². The third-order valence-corrected chi connectivity index (χ3v) is 15.8. The van der Waals surface area contributed by atoms with Crippen molar-refractivity contribution in [2.45, 2.75) is 109 Å². The lowest BCUT2D eigenvalue weighted by molar-refractivity contribution is 0.0684. The predicted octanol–water partition coefficient (Wildman–Crippen LogP) is 13.7. The molecule has 0 spiro atoms. The molecule has 5 heteroatoms. The van der Waals surface area contributed by atoms with Crippen molar-refractivity contribution < 1.29 is 0 Å². The molecule has 56 heavy (non-hydrogen) atoms. The summed E-state index contributed by atoms with van der Waals surface area (Å²) in [4.78, 5) is 16.0. The first kappa shape index (κ1) is 36.0. The van der Waals surface area contributed by atoms with Gasteiger partial charge in [-0.2, -0.15) is 5.26 Å². The van der Waals surface area contributed by atoms with Gasteiger partial charge in [-0.25, -0.2) is 15.0 Å². The number of rotatable bonds is 6. The van der Waals surface area contributed by atoms with E-state index in [4.69, 9.17) is 15.0 Å². The third kappa shape index (κ3) is 6.37. The van der Waals surface area contributed by atoms with E-state index in [-0.39, 0.29) is 10.8 Å². The Morgan fingerprint density at radius 1 is 0.589 bits per heavy atom. The van der Waals surface area contributed by atoms with Crippen molar-refractivity contribution in [3.8, 4) is 40.2 Å². The first-order valence-corrected chi connectivity index (χ1v) is 22.3. The van der Waals surface area contributed by atoms with Crippen molar-refractivity contribution in [2.24, 2.45) is 35.5 Å². The topological polar surface area (TPSA) is 62.5 Å². The highest BCUT2D eigenvalue weighted by molar-refractivity contribution is 7.25. The van der Waals surface area contributed by atoms with Crippen LogP contribution < -0.4 is 0 Å². The Hall–Kier alpha value is -4.40. The summed E-state index contributed by atoms with van der Waals surface area (Å²) in [5.74, 6) is 6.88. The SMILES string of the molecule is CC[C@@H]1C[C@@H]2C[C@H](C)CC(c3cc(-c4nc(-c5ccccc5)nc(-c5ccc6c(c5)sc5cc(C#N)ccc56)n4)cc(C45C[C@H](C)C[C@H](C[C@H](C)C4)C5)c3)(C1)C2. The Morgan fingerprint density at radius 3 is 1.77 bits per heavy atom. The second-order valence-electron chi connectivity index (χ2n) is 19.2. The number of thiophene rings is 1. The van der Waals surface area contributed by atoms with E-state index in [1.54, 1.807) is 22.5 Å². The summed E-state index contributed by atoms with van der Waals surface area (Å²) in [6.45, 7) is 9.98. The molecule has 4 nitrogen and oxygen atoms in total. The smallest absolute Gasteiger partial charge is 0.164 e. The van der Waals surface area contributed by atoms with Gasteiger partial charge in [0.1, 0.15) is 0 Å². The molecular formula is C51H54N4S. The van der Waals surface area contributed by atoms with E-state index in [1.165, 1.54) is 86.1 Å². The largest absolute Gasteiger partial charge is 0.208 e. The number of aromatic nitrogens is 3. The highest BCUT2D eigenvalue weighted by Gasteiger charge is 2.49. The Bertz CT molecular complexity index is 2470. The van der Waals surface area contributed by atoms with E-state index in [9.17, 15) is 5.26 Å². The number of hydrogen-bond acceptors (Lipinski definition) is 5. The first-order chi connectivity index (χ1) is 27.2. The third-order valence-electron chi connectivity index (χ3n) is 14.7. The molecule has 2 heterocycles. The number of nitriles is 1. The van der Waals surface area contributed by atoms with Crippen LogP contribution in [0.1, 0.15) is 115 Å². The average Bonchev–Trinajstić information content (AvgIpc) is 3.57. The minimum atomic E-state index is 0.204. The Kier molecular flexibility index (Phi) is 8.94. The van der Waals surface area contributed by atoms with E-state index in [0.717, 1.165) is 68.5 Å². The predicted molar refractivity (Wildman–Crippen MR) is 232 cm³/mol. The summed E-state index contributed by atoms with van der Waals surface area (Å²) < 4.78 is 2.30. The molecule has 0 saturated heterocycles. The van der Waals surface area contributed by atoms with E-state index < -0.39 is 0 Å². The van der Waals surface area contributed by atoms with Gasteiger partial charge in [0, 0.05) is 36.9 Å². The van der Waals surface area contributed by atoms with Crippen molar-refractivity contribution >= 4 is 31.5 Å². The number of nitrogens with zero attached hydrogens (tertiary/aromatic N) is 4. The summed E-state index contributed by atoms with van der Waals surface area (Å²) in [6.07, 6.45) is 14.6. The van der Waals surface area contributed by atoms with Crippen LogP contribution >= 0.6 is 11.3 Å². The zero-order valence-corrected chi connectivity index (χ0v) is 34.3. The van der Waals surface area contributed by atoms with Crippen molar-refractivity contribution in [3.05, 3.63) is 102 Å². The average molecular weight is 755 g/mol. The molecule has 2 unspecified atom stereocenters. The van der Waals surface area contributed by atoms with Gasteiger partial charge in [0.2, 0.25) is 0 Å². The van der Waals surface area contributed by atoms with Gasteiger partial charge in [-0.3, -0.25) is 0 Å². The highest BCUT2D eigenvalue weighted by atomic mass is 32.1. The van der Waals surface area contributed by atoms with Crippen LogP contribution in [0.15, 0.2) is 84.9 Å². The van der Waals surface area contributed by atoms with Crippen molar-refractivity contribution in [1.82, 2.24) is 15.0 Å². The van der Waals surface area contributed by atoms with Gasteiger partial charge in [-0.1, -0.05) is 88.7 Å². The molecule has 10 rings (SSSR count). The maximum Gasteiger partial charge on any atom is 0.164 e. The molecule has 0 radical (unpaired) electrons. The van der Waals surface area contributed by atoms with Crippen LogP contribution in [-0.2, 0) is 10.8 Å². The summed E-state index contributed by atoms with van der Waals surface area (Å²) in [6, 6.07) is 33.2. The molecule has 8 atom stereocenters. The standard InChI is InChI=1S/C51H54N4S/c1-5-34-18-37-17-33(4)26-51(27-34,29-37)42-21-40(20-41(23-42)50-24-31(2)15-36(28-50)16-32(3)25-50)49-54-47(38-9-7-6-8-10-38)53-48(55-49)39-12-14-44-43-13-11-35(30-52)19-45(43)56-46(44)22-39/h6-14,19-23,31-34,36-37H,5,15-18,24-29H2,1-4H3/t31-,32+,33-,34+,36-,37-,50?,51?/m0/s1. The van der Waals surface area contributed by atoms with E-state index in [1.807, 2.05) is 12.1 Å². The van der Waals surface area contributed by atoms with Crippen LogP contribution in [0.5, 0.6) is 0 Å². The zero-order chi connectivity index (χ0) is 38.2. The minimum absolute atomic E-state index is 0.204. The fraction of sp³-hybridized carbons (Fsp3) is 0.451. The van der Waals surface area contributed by atoms with Gasteiger partial charge >= 0.3 is 0 Å². The molecule has 6 aromatic rings. The van der Waals surface area contributed by atoms with E-state index in [0.29, 0.717) is 11.4 Å². The normalized spacial score (nSPS) is 30.0. The fourth-order valence-corrected chi connectivity index (χ4v) is 14.1. The highest BCUT2D eigenvalue weighted by Crippen LogP contribution is 2.58. The summed E-state index contributed by atoms with van der Waals surface area (Å²) >= 11 is 1.73. The molecule has 4 aromatic carbocycles.